The highest BCUT2D eigenvalue weighted by molar-refractivity contribution is 5.94. The van der Waals surface area contributed by atoms with Gasteiger partial charge in [0.1, 0.15) is 11.0 Å². The fraction of sp³-hybridized carbons (Fsp3) is 0.400. The van der Waals surface area contributed by atoms with E-state index in [1.165, 1.54) is 0 Å². The molecule has 1 rings (SSSR count). The average molecular weight is 256 g/mol. The molecule has 0 aliphatic carbocycles. The van der Waals surface area contributed by atoms with Crippen LogP contribution in [0.2, 0.25) is 0 Å². The number of hydrogen-bond donors (Lipinski definition) is 2. The van der Waals surface area contributed by atoms with Gasteiger partial charge in [0.05, 0.1) is 6.07 Å². The van der Waals surface area contributed by atoms with E-state index >= 15 is 0 Å². The molecular formula is C10H12N2O6. The van der Waals surface area contributed by atoms with Gasteiger partial charge in [-0.15, -0.1) is 0 Å². The van der Waals surface area contributed by atoms with Gasteiger partial charge >= 0.3 is 11.9 Å². The largest absolute Gasteiger partial charge is 0.480 e. The van der Waals surface area contributed by atoms with Crippen molar-refractivity contribution in [2.45, 2.75) is 25.8 Å². The first-order valence-corrected chi connectivity index (χ1v) is 5.23. The Morgan fingerprint density at radius 3 is 2.67 bits per heavy atom. The highest BCUT2D eigenvalue weighted by Crippen LogP contribution is 2.15. The lowest BCUT2D eigenvalue weighted by atomic mass is 10.1. The topological polar surface area (TPSA) is 123 Å². The van der Waals surface area contributed by atoms with Crippen LogP contribution in [0.3, 0.4) is 0 Å². The summed E-state index contributed by atoms with van der Waals surface area (Å²) in [4.78, 5) is 32.0. The molecular weight excluding hydrogens is 244 g/mol. The number of furan rings is 1. The second-order valence-corrected chi connectivity index (χ2v) is 3.55. The highest BCUT2D eigenvalue weighted by atomic mass is 16.6. The first-order chi connectivity index (χ1) is 8.45. The number of nitrogens with one attached hydrogen (secondary N) is 1. The van der Waals surface area contributed by atoms with Crippen LogP contribution in [0.15, 0.2) is 16.5 Å². The summed E-state index contributed by atoms with van der Waals surface area (Å²) in [6.07, 6.45) is 0.847. The Morgan fingerprint density at radius 1 is 1.56 bits per heavy atom. The normalized spacial score (nSPS) is 11.8. The van der Waals surface area contributed by atoms with Crippen LogP contribution < -0.4 is 5.32 Å². The Balaban J connectivity index is 2.74. The summed E-state index contributed by atoms with van der Waals surface area (Å²) in [7, 11) is 0. The standard InChI is InChI=1S/C10H12N2O6/c1-2-3-6(10(14)15)11-9(13)7-4-5-8(18-7)12(16)17/h4-6H,2-3H2,1H3,(H,11,13)(H,14,15)/t6-/m1/s1. The molecule has 1 atom stereocenters. The first-order valence-electron chi connectivity index (χ1n) is 5.23. The summed E-state index contributed by atoms with van der Waals surface area (Å²) in [5, 5.41) is 21.4. The summed E-state index contributed by atoms with van der Waals surface area (Å²) in [6, 6.07) is 1.12. The van der Waals surface area contributed by atoms with Crippen LogP contribution in [0.5, 0.6) is 0 Å². The van der Waals surface area contributed by atoms with Crippen molar-refractivity contribution in [3.05, 3.63) is 28.0 Å². The van der Waals surface area contributed by atoms with E-state index in [1.54, 1.807) is 6.92 Å². The van der Waals surface area contributed by atoms with Gasteiger partial charge in [-0.1, -0.05) is 13.3 Å². The Morgan fingerprint density at radius 2 is 2.22 bits per heavy atom. The van der Waals surface area contributed by atoms with Gasteiger partial charge in [-0.05, 0) is 12.5 Å². The van der Waals surface area contributed by atoms with Crippen LogP contribution >= 0.6 is 0 Å². The predicted molar refractivity (Wildman–Crippen MR) is 59.2 cm³/mol. The van der Waals surface area contributed by atoms with E-state index in [9.17, 15) is 19.7 Å². The lowest BCUT2D eigenvalue weighted by molar-refractivity contribution is -0.402. The molecule has 1 heterocycles. The molecule has 2 N–H and O–H groups in total. The molecule has 0 saturated heterocycles. The molecule has 1 aromatic rings. The van der Waals surface area contributed by atoms with Gasteiger partial charge in [-0.25, -0.2) is 4.79 Å². The van der Waals surface area contributed by atoms with E-state index in [1.807, 2.05) is 0 Å². The molecule has 0 spiro atoms. The molecule has 0 unspecified atom stereocenters. The van der Waals surface area contributed by atoms with Gasteiger partial charge in [-0.3, -0.25) is 14.9 Å². The molecule has 0 fully saturated rings. The molecule has 98 valence electrons. The van der Waals surface area contributed by atoms with Crippen molar-refractivity contribution in [1.82, 2.24) is 5.32 Å². The van der Waals surface area contributed by atoms with Crippen molar-refractivity contribution < 1.29 is 24.0 Å². The van der Waals surface area contributed by atoms with Crippen LogP contribution in [-0.4, -0.2) is 27.9 Å². The van der Waals surface area contributed by atoms with Crippen molar-refractivity contribution in [1.29, 1.82) is 0 Å². The zero-order valence-corrected chi connectivity index (χ0v) is 9.58. The van der Waals surface area contributed by atoms with Gasteiger partial charge in [0.2, 0.25) is 0 Å². The Hall–Kier alpha value is -2.38. The van der Waals surface area contributed by atoms with Crippen molar-refractivity contribution in [3.8, 4) is 0 Å². The second-order valence-electron chi connectivity index (χ2n) is 3.55. The lowest BCUT2D eigenvalue weighted by Gasteiger charge is -2.11. The quantitative estimate of drug-likeness (QED) is 0.581. The van der Waals surface area contributed by atoms with Crippen molar-refractivity contribution in [3.63, 3.8) is 0 Å². The van der Waals surface area contributed by atoms with Crippen molar-refractivity contribution in [2.75, 3.05) is 0 Å². The van der Waals surface area contributed by atoms with Gasteiger partial charge in [0, 0.05) is 0 Å². The van der Waals surface area contributed by atoms with E-state index in [2.05, 4.69) is 9.73 Å². The maximum absolute atomic E-state index is 11.6. The number of carboxylic acid groups (broad SMARTS) is 1. The predicted octanol–water partition coefficient (Wildman–Crippen LogP) is 1.17. The van der Waals surface area contributed by atoms with Crippen LogP contribution in [0, 0.1) is 10.1 Å². The number of rotatable bonds is 6. The molecule has 1 amide bonds. The third kappa shape index (κ3) is 3.30. The van der Waals surface area contributed by atoms with Crippen LogP contribution in [-0.2, 0) is 4.79 Å². The van der Waals surface area contributed by atoms with Crippen LogP contribution in [0.25, 0.3) is 0 Å². The minimum atomic E-state index is -1.16. The third-order valence-electron chi connectivity index (χ3n) is 2.18. The van der Waals surface area contributed by atoms with E-state index in [0.717, 1.165) is 12.1 Å². The summed E-state index contributed by atoms with van der Waals surface area (Å²) in [6.45, 7) is 1.78. The molecule has 0 saturated carbocycles. The summed E-state index contributed by atoms with van der Waals surface area (Å²) in [5.41, 5.74) is 0. The number of nitro groups is 1. The van der Waals surface area contributed by atoms with E-state index in [0.29, 0.717) is 6.42 Å². The fourth-order valence-electron chi connectivity index (χ4n) is 1.32. The zero-order chi connectivity index (χ0) is 13.7. The number of carbonyl (C=O) groups is 2. The maximum Gasteiger partial charge on any atom is 0.433 e. The molecule has 8 heteroatoms. The number of aliphatic carboxylic acids is 1. The van der Waals surface area contributed by atoms with Gasteiger partial charge in [0.15, 0.2) is 5.76 Å². The number of amides is 1. The number of carbonyl (C=O) groups excluding carboxylic acids is 1. The summed E-state index contributed by atoms with van der Waals surface area (Å²) >= 11 is 0. The Labute approximate surface area is 102 Å². The second kappa shape index (κ2) is 5.80. The number of carboxylic acids is 1. The van der Waals surface area contributed by atoms with Crippen molar-refractivity contribution in [2.24, 2.45) is 0 Å². The zero-order valence-electron chi connectivity index (χ0n) is 9.58. The van der Waals surface area contributed by atoms with E-state index in [4.69, 9.17) is 5.11 Å². The Bertz CT molecular complexity index is 467. The number of nitrogens with zero attached hydrogens (tertiary/aromatic N) is 1. The minimum Gasteiger partial charge on any atom is -0.480 e. The monoisotopic (exact) mass is 256 g/mol. The average Bonchev–Trinajstić information content (AvgIpc) is 2.77. The van der Waals surface area contributed by atoms with Gasteiger partial charge in [-0.2, -0.15) is 0 Å². The summed E-state index contributed by atoms with van der Waals surface area (Å²) < 4.78 is 4.66. The lowest BCUT2D eigenvalue weighted by Crippen LogP contribution is -2.40. The molecule has 8 nitrogen and oxygen atoms in total. The van der Waals surface area contributed by atoms with E-state index < -0.39 is 28.7 Å². The van der Waals surface area contributed by atoms with E-state index in [-0.39, 0.29) is 12.2 Å². The molecule has 0 bridgehead atoms. The molecule has 0 aliphatic heterocycles. The fourth-order valence-corrected chi connectivity index (χ4v) is 1.32. The smallest absolute Gasteiger partial charge is 0.433 e. The highest BCUT2D eigenvalue weighted by Gasteiger charge is 2.23. The molecule has 0 radical (unpaired) electrons. The minimum absolute atomic E-state index is 0.268. The molecule has 18 heavy (non-hydrogen) atoms. The van der Waals surface area contributed by atoms with Crippen LogP contribution in [0.1, 0.15) is 30.3 Å². The summed E-state index contributed by atoms with van der Waals surface area (Å²) in [5.74, 6) is -2.80. The maximum atomic E-state index is 11.6. The third-order valence-corrected chi connectivity index (χ3v) is 2.18. The number of hydrogen-bond acceptors (Lipinski definition) is 5. The van der Waals surface area contributed by atoms with Gasteiger partial charge < -0.3 is 14.8 Å². The van der Waals surface area contributed by atoms with Gasteiger partial charge in [0.25, 0.3) is 5.91 Å². The molecule has 0 aromatic carbocycles. The molecule has 0 aliphatic rings. The SMILES string of the molecule is CCC[C@@H](NC(=O)c1ccc([N+](=O)[O-])o1)C(=O)O. The van der Waals surface area contributed by atoms with Crippen LogP contribution in [0.4, 0.5) is 5.88 Å². The Kier molecular flexibility index (Phi) is 4.41. The van der Waals surface area contributed by atoms with Crippen molar-refractivity contribution >= 4 is 17.8 Å². The first kappa shape index (κ1) is 13.7. The molecule has 1 aromatic heterocycles.